The van der Waals surface area contributed by atoms with Crippen LogP contribution in [0.15, 0.2) is 84.1 Å². The monoisotopic (exact) mass is 410 g/mol. The molecule has 156 valence electrons. The van der Waals surface area contributed by atoms with Gasteiger partial charge in [-0.05, 0) is 37.6 Å². The molecule has 5 heteroatoms. The van der Waals surface area contributed by atoms with E-state index in [4.69, 9.17) is 0 Å². The van der Waals surface area contributed by atoms with Crippen LogP contribution in [-0.2, 0) is 11.3 Å². The minimum absolute atomic E-state index is 0.162. The van der Waals surface area contributed by atoms with Crippen LogP contribution in [0.3, 0.4) is 0 Å². The van der Waals surface area contributed by atoms with E-state index in [9.17, 15) is 4.79 Å². The highest BCUT2D eigenvalue weighted by molar-refractivity contribution is 5.99. The molecule has 0 unspecified atom stereocenters. The van der Waals surface area contributed by atoms with Crippen molar-refractivity contribution >= 4 is 28.7 Å². The molecular weight excluding hydrogens is 384 g/mol. The van der Waals surface area contributed by atoms with Gasteiger partial charge < -0.3 is 9.88 Å². The third-order valence-electron chi connectivity index (χ3n) is 5.19. The predicted molar refractivity (Wildman–Crippen MR) is 128 cm³/mol. The molecule has 2 N–H and O–H groups in total. The van der Waals surface area contributed by atoms with Crippen LogP contribution in [0.4, 0.5) is 5.69 Å². The molecule has 0 saturated heterocycles. The lowest BCUT2D eigenvalue weighted by atomic mass is 10.1. The van der Waals surface area contributed by atoms with E-state index < -0.39 is 0 Å². The Morgan fingerprint density at radius 2 is 1.61 bits per heavy atom. The van der Waals surface area contributed by atoms with Gasteiger partial charge in [0.15, 0.2) is 0 Å². The molecule has 0 fully saturated rings. The Labute approximate surface area is 182 Å². The number of anilines is 1. The number of aryl methyl sites for hydroxylation is 2. The maximum Gasteiger partial charge on any atom is 0.259 e. The van der Waals surface area contributed by atoms with Gasteiger partial charge in [0.2, 0.25) is 0 Å². The average molecular weight is 411 g/mol. The number of para-hydroxylation sites is 1. The van der Waals surface area contributed by atoms with Gasteiger partial charge in [0, 0.05) is 34.9 Å². The molecule has 4 rings (SSSR count). The third kappa shape index (κ3) is 5.20. The van der Waals surface area contributed by atoms with Gasteiger partial charge in [-0.2, -0.15) is 5.10 Å². The van der Waals surface area contributed by atoms with Crippen molar-refractivity contribution in [2.24, 2.45) is 5.10 Å². The molecule has 0 aliphatic carbocycles. The van der Waals surface area contributed by atoms with Gasteiger partial charge in [-0.3, -0.25) is 4.79 Å². The number of hydrazone groups is 1. The number of hydrogen-bond donors (Lipinski definition) is 2. The van der Waals surface area contributed by atoms with Crippen LogP contribution in [0.2, 0.25) is 0 Å². The standard InChI is InChI=1S/C26H26N4O/c1-19-7-11-21(12-8-19)17-30-18-22(24-5-3-4-6-25(24)30)15-28-29-26(31)16-27-23-13-9-20(2)10-14-23/h3-15,18,27H,16-17H2,1-2H3,(H,29,31)/b28-15-. The molecule has 1 amide bonds. The summed E-state index contributed by atoms with van der Waals surface area (Å²) in [6, 6.07) is 24.7. The van der Waals surface area contributed by atoms with Gasteiger partial charge >= 0.3 is 0 Å². The summed E-state index contributed by atoms with van der Waals surface area (Å²) in [6.45, 7) is 5.06. The molecule has 0 bridgehead atoms. The largest absolute Gasteiger partial charge is 0.376 e. The van der Waals surface area contributed by atoms with E-state index in [1.807, 2.05) is 43.3 Å². The number of amides is 1. The average Bonchev–Trinajstić information content (AvgIpc) is 3.12. The molecule has 3 aromatic carbocycles. The quantitative estimate of drug-likeness (QED) is 0.337. The molecule has 5 nitrogen and oxygen atoms in total. The van der Waals surface area contributed by atoms with Crippen LogP contribution in [-0.4, -0.2) is 23.2 Å². The number of rotatable bonds is 7. The Hall–Kier alpha value is -3.86. The Kier molecular flexibility index (Phi) is 6.13. The van der Waals surface area contributed by atoms with Crippen molar-refractivity contribution in [1.29, 1.82) is 0 Å². The van der Waals surface area contributed by atoms with Crippen molar-refractivity contribution in [1.82, 2.24) is 9.99 Å². The smallest absolute Gasteiger partial charge is 0.259 e. The summed E-state index contributed by atoms with van der Waals surface area (Å²) >= 11 is 0. The van der Waals surface area contributed by atoms with Crippen LogP contribution in [0, 0.1) is 13.8 Å². The van der Waals surface area contributed by atoms with Crippen LogP contribution >= 0.6 is 0 Å². The summed E-state index contributed by atoms with van der Waals surface area (Å²) in [5, 5.41) is 8.37. The SMILES string of the molecule is Cc1ccc(Cn2cc(/C=N\NC(=O)CNc3ccc(C)cc3)c3ccccc32)cc1. The zero-order valence-electron chi connectivity index (χ0n) is 17.8. The second-order valence-electron chi connectivity index (χ2n) is 7.73. The molecule has 0 aliphatic heterocycles. The van der Waals surface area contributed by atoms with E-state index in [1.165, 1.54) is 16.7 Å². The number of carbonyl (C=O) groups is 1. The summed E-state index contributed by atoms with van der Waals surface area (Å²) in [4.78, 5) is 12.1. The molecule has 0 saturated carbocycles. The second-order valence-corrected chi connectivity index (χ2v) is 7.73. The highest BCUT2D eigenvalue weighted by atomic mass is 16.2. The third-order valence-corrected chi connectivity index (χ3v) is 5.19. The molecule has 0 aliphatic rings. The van der Waals surface area contributed by atoms with Crippen molar-refractivity contribution < 1.29 is 4.79 Å². The summed E-state index contributed by atoms with van der Waals surface area (Å²) < 4.78 is 2.21. The minimum Gasteiger partial charge on any atom is -0.376 e. The first-order valence-corrected chi connectivity index (χ1v) is 10.3. The zero-order chi connectivity index (χ0) is 21.6. The molecule has 1 aromatic heterocycles. The van der Waals surface area contributed by atoms with E-state index in [2.05, 4.69) is 69.9 Å². The number of nitrogens with zero attached hydrogens (tertiary/aromatic N) is 2. The number of nitrogens with one attached hydrogen (secondary N) is 2. The normalized spacial score (nSPS) is 11.2. The topological polar surface area (TPSA) is 58.4 Å². The summed E-state index contributed by atoms with van der Waals surface area (Å²) in [5.74, 6) is -0.194. The van der Waals surface area contributed by atoms with Gasteiger partial charge in [0.1, 0.15) is 0 Å². The summed E-state index contributed by atoms with van der Waals surface area (Å²) in [5.41, 5.74) is 9.29. The van der Waals surface area contributed by atoms with Crippen molar-refractivity contribution in [3.63, 3.8) is 0 Å². The van der Waals surface area contributed by atoms with E-state index in [0.29, 0.717) is 0 Å². The number of fused-ring (bicyclic) bond motifs is 1. The molecule has 0 radical (unpaired) electrons. The number of aromatic nitrogens is 1. The lowest BCUT2D eigenvalue weighted by Crippen LogP contribution is -2.25. The van der Waals surface area contributed by atoms with Gasteiger partial charge in [-0.25, -0.2) is 5.43 Å². The van der Waals surface area contributed by atoms with Crippen LogP contribution in [0.5, 0.6) is 0 Å². The van der Waals surface area contributed by atoms with E-state index >= 15 is 0 Å². The van der Waals surface area contributed by atoms with Gasteiger partial charge in [-0.1, -0.05) is 65.7 Å². The van der Waals surface area contributed by atoms with Crippen LogP contribution < -0.4 is 10.7 Å². The molecule has 0 spiro atoms. The fourth-order valence-electron chi connectivity index (χ4n) is 3.47. The fourth-order valence-corrected chi connectivity index (χ4v) is 3.47. The molecule has 1 heterocycles. The Balaban J connectivity index is 1.42. The van der Waals surface area contributed by atoms with Crippen molar-refractivity contribution in [2.75, 3.05) is 11.9 Å². The fraction of sp³-hybridized carbons (Fsp3) is 0.154. The van der Waals surface area contributed by atoms with Crippen LogP contribution in [0.1, 0.15) is 22.3 Å². The van der Waals surface area contributed by atoms with Crippen LogP contribution in [0.25, 0.3) is 10.9 Å². The van der Waals surface area contributed by atoms with Crippen molar-refractivity contribution in [2.45, 2.75) is 20.4 Å². The first kappa shape index (κ1) is 20.4. The first-order valence-electron chi connectivity index (χ1n) is 10.3. The number of benzene rings is 3. The highest BCUT2D eigenvalue weighted by Crippen LogP contribution is 2.21. The predicted octanol–water partition coefficient (Wildman–Crippen LogP) is 4.87. The van der Waals surface area contributed by atoms with Crippen molar-refractivity contribution in [3.8, 4) is 0 Å². The van der Waals surface area contributed by atoms with E-state index in [-0.39, 0.29) is 12.5 Å². The Morgan fingerprint density at radius 1 is 0.935 bits per heavy atom. The summed E-state index contributed by atoms with van der Waals surface area (Å²) in [6.07, 6.45) is 3.78. The van der Waals surface area contributed by atoms with Crippen molar-refractivity contribution in [3.05, 3.63) is 101 Å². The first-order chi connectivity index (χ1) is 15.1. The van der Waals surface area contributed by atoms with E-state index in [0.717, 1.165) is 28.7 Å². The lowest BCUT2D eigenvalue weighted by Gasteiger charge is -2.06. The molecule has 0 atom stereocenters. The highest BCUT2D eigenvalue weighted by Gasteiger charge is 2.07. The maximum atomic E-state index is 12.1. The Morgan fingerprint density at radius 3 is 2.35 bits per heavy atom. The molecule has 4 aromatic rings. The number of hydrogen-bond acceptors (Lipinski definition) is 3. The van der Waals surface area contributed by atoms with Gasteiger partial charge in [0.05, 0.1) is 12.8 Å². The number of carbonyl (C=O) groups excluding carboxylic acids is 1. The van der Waals surface area contributed by atoms with E-state index in [1.54, 1.807) is 6.21 Å². The maximum absolute atomic E-state index is 12.1. The minimum atomic E-state index is -0.194. The molecular formula is C26H26N4O. The lowest BCUT2D eigenvalue weighted by molar-refractivity contribution is -0.119. The summed E-state index contributed by atoms with van der Waals surface area (Å²) in [7, 11) is 0. The second kappa shape index (κ2) is 9.30. The van der Waals surface area contributed by atoms with Gasteiger partial charge in [-0.15, -0.1) is 0 Å². The zero-order valence-corrected chi connectivity index (χ0v) is 17.8. The van der Waals surface area contributed by atoms with Gasteiger partial charge in [0.25, 0.3) is 5.91 Å². The molecule has 31 heavy (non-hydrogen) atoms. The Bertz CT molecular complexity index is 1200.